The Hall–Kier alpha value is -2.50. The molecule has 6 nitrogen and oxygen atoms in total. The van der Waals surface area contributed by atoms with Gasteiger partial charge in [-0.25, -0.2) is 4.79 Å². The summed E-state index contributed by atoms with van der Waals surface area (Å²) in [4.78, 5) is 22.6. The number of carbonyl (C=O) groups is 2. The summed E-state index contributed by atoms with van der Waals surface area (Å²) >= 11 is 0. The van der Waals surface area contributed by atoms with Crippen LogP contribution < -0.4 is 9.47 Å². The van der Waals surface area contributed by atoms with E-state index < -0.39 is 18.0 Å². The van der Waals surface area contributed by atoms with E-state index in [1.54, 1.807) is 32.2 Å². The number of methoxy groups -OCH3 is 3. The van der Waals surface area contributed by atoms with E-state index in [4.69, 9.17) is 14.2 Å². The number of hydrogen-bond acceptors (Lipinski definition) is 6. The van der Waals surface area contributed by atoms with Crippen molar-refractivity contribution in [3.8, 4) is 11.5 Å². The van der Waals surface area contributed by atoms with Crippen molar-refractivity contribution in [2.75, 3.05) is 21.3 Å². The first-order chi connectivity index (χ1) is 10.9. The van der Waals surface area contributed by atoms with Gasteiger partial charge in [0.25, 0.3) is 0 Å². The van der Waals surface area contributed by atoms with Crippen molar-refractivity contribution in [1.82, 2.24) is 0 Å². The fourth-order valence-electron chi connectivity index (χ4n) is 2.18. The fraction of sp³-hybridized carbons (Fsp3) is 0.412. The van der Waals surface area contributed by atoms with Crippen molar-refractivity contribution >= 4 is 11.9 Å². The van der Waals surface area contributed by atoms with Gasteiger partial charge in [0, 0.05) is 18.9 Å². The minimum absolute atomic E-state index is 0.335. The van der Waals surface area contributed by atoms with E-state index in [1.807, 2.05) is 6.07 Å². The quantitative estimate of drug-likeness (QED) is 0.567. The van der Waals surface area contributed by atoms with Crippen LogP contribution in [0.5, 0.6) is 11.5 Å². The number of carbonyl (C=O) groups excluding carboxylic acids is 2. The van der Waals surface area contributed by atoms with E-state index in [-0.39, 0.29) is 5.92 Å². The Morgan fingerprint density at radius 2 is 1.74 bits per heavy atom. The van der Waals surface area contributed by atoms with Crippen LogP contribution >= 0.6 is 0 Å². The molecule has 0 N–H and O–H groups in total. The predicted molar refractivity (Wildman–Crippen MR) is 84.7 cm³/mol. The van der Waals surface area contributed by atoms with Crippen molar-refractivity contribution in [2.45, 2.75) is 25.9 Å². The molecule has 0 heterocycles. The van der Waals surface area contributed by atoms with Crippen LogP contribution in [0.1, 0.15) is 25.3 Å². The Balaban J connectivity index is 3.19. The van der Waals surface area contributed by atoms with Crippen LogP contribution in [0.15, 0.2) is 30.4 Å². The number of esters is 2. The number of rotatable bonds is 7. The molecule has 0 unspecified atom stereocenters. The molecular formula is C17H22O6. The molecule has 0 saturated heterocycles. The number of ether oxygens (including phenoxy) is 4. The van der Waals surface area contributed by atoms with Gasteiger partial charge >= 0.3 is 11.9 Å². The van der Waals surface area contributed by atoms with Crippen molar-refractivity contribution in [1.29, 1.82) is 0 Å². The zero-order valence-corrected chi connectivity index (χ0v) is 14.0. The second-order valence-electron chi connectivity index (χ2n) is 4.84. The Morgan fingerprint density at radius 3 is 2.26 bits per heavy atom. The van der Waals surface area contributed by atoms with Gasteiger partial charge in [0.2, 0.25) is 0 Å². The molecule has 0 bridgehead atoms. The molecule has 0 amide bonds. The Kier molecular flexibility index (Phi) is 7.12. The fourth-order valence-corrected chi connectivity index (χ4v) is 2.18. The molecule has 0 saturated carbocycles. The highest BCUT2D eigenvalue weighted by Crippen LogP contribution is 2.33. The molecule has 0 aliphatic heterocycles. The van der Waals surface area contributed by atoms with Crippen molar-refractivity contribution in [2.24, 2.45) is 0 Å². The van der Waals surface area contributed by atoms with E-state index in [0.29, 0.717) is 11.5 Å². The highest BCUT2D eigenvalue weighted by Gasteiger charge is 2.21. The first-order valence-electron chi connectivity index (χ1n) is 7.08. The van der Waals surface area contributed by atoms with Crippen LogP contribution in [-0.4, -0.2) is 39.4 Å². The standard InChI is InChI=1S/C17H22O6/c1-11(23-12(2)18)14(7-9-17(19)22-5)13-6-8-15(20-3)16(10-13)21-4/h6-11,14H,1-5H3/b9-7+/t11-,14+/m0/s1. The summed E-state index contributed by atoms with van der Waals surface area (Å²) in [5.41, 5.74) is 0.816. The highest BCUT2D eigenvalue weighted by atomic mass is 16.5. The molecule has 1 rings (SSSR count). The van der Waals surface area contributed by atoms with Crippen LogP contribution in [0.25, 0.3) is 0 Å². The van der Waals surface area contributed by atoms with E-state index in [2.05, 4.69) is 4.74 Å². The molecule has 0 spiro atoms. The van der Waals surface area contributed by atoms with Crippen molar-refractivity contribution in [3.63, 3.8) is 0 Å². The lowest BCUT2D eigenvalue weighted by Gasteiger charge is -2.22. The van der Waals surface area contributed by atoms with Crippen LogP contribution in [-0.2, 0) is 19.1 Å². The van der Waals surface area contributed by atoms with Crippen molar-refractivity contribution in [3.05, 3.63) is 35.9 Å². The van der Waals surface area contributed by atoms with Gasteiger partial charge in [-0.2, -0.15) is 0 Å². The molecule has 0 aromatic heterocycles. The summed E-state index contributed by atoms with van der Waals surface area (Å²) in [6, 6.07) is 5.37. The third-order valence-corrected chi connectivity index (χ3v) is 3.29. The SMILES string of the molecule is COC(=O)/C=C/[C@@H](c1ccc(OC)c(OC)c1)[C@H](C)OC(C)=O. The number of benzene rings is 1. The lowest BCUT2D eigenvalue weighted by molar-refractivity contribution is -0.145. The first-order valence-corrected chi connectivity index (χ1v) is 7.08. The summed E-state index contributed by atoms with van der Waals surface area (Å²) in [6.45, 7) is 3.09. The summed E-state index contributed by atoms with van der Waals surface area (Å²) in [5.74, 6) is -0.0682. The van der Waals surface area contributed by atoms with Crippen molar-refractivity contribution < 1.29 is 28.5 Å². The Bertz CT molecular complexity index is 578. The van der Waals surface area contributed by atoms with Gasteiger partial charge in [0.15, 0.2) is 11.5 Å². The summed E-state index contributed by atoms with van der Waals surface area (Å²) in [7, 11) is 4.39. The molecule has 1 aromatic carbocycles. The van der Waals surface area contributed by atoms with Gasteiger partial charge in [-0.1, -0.05) is 12.1 Å². The van der Waals surface area contributed by atoms with Crippen LogP contribution in [0.3, 0.4) is 0 Å². The molecule has 23 heavy (non-hydrogen) atoms. The number of hydrogen-bond donors (Lipinski definition) is 0. The largest absolute Gasteiger partial charge is 0.493 e. The highest BCUT2D eigenvalue weighted by molar-refractivity contribution is 5.82. The minimum Gasteiger partial charge on any atom is -0.493 e. The van der Waals surface area contributed by atoms with E-state index in [0.717, 1.165) is 5.56 Å². The topological polar surface area (TPSA) is 71.1 Å². The minimum atomic E-state index is -0.481. The average Bonchev–Trinajstić information content (AvgIpc) is 2.53. The van der Waals surface area contributed by atoms with E-state index in [1.165, 1.54) is 27.2 Å². The third kappa shape index (κ3) is 5.32. The van der Waals surface area contributed by atoms with Crippen LogP contribution in [0.4, 0.5) is 0 Å². The molecule has 126 valence electrons. The summed E-state index contributed by atoms with van der Waals surface area (Å²) in [6.07, 6.45) is 2.48. The molecule has 6 heteroatoms. The summed E-state index contributed by atoms with van der Waals surface area (Å²) < 4.78 is 20.3. The Labute approximate surface area is 136 Å². The molecule has 0 radical (unpaired) electrons. The lowest BCUT2D eigenvalue weighted by Crippen LogP contribution is -2.20. The zero-order valence-electron chi connectivity index (χ0n) is 14.0. The normalized spacial score (nSPS) is 13.3. The maximum absolute atomic E-state index is 11.4. The molecule has 2 atom stereocenters. The van der Waals surface area contributed by atoms with Crippen LogP contribution in [0.2, 0.25) is 0 Å². The Morgan fingerprint density at radius 1 is 1.09 bits per heavy atom. The maximum atomic E-state index is 11.4. The monoisotopic (exact) mass is 322 g/mol. The predicted octanol–water partition coefficient (Wildman–Crippen LogP) is 2.47. The first kappa shape index (κ1) is 18.5. The second kappa shape index (κ2) is 8.82. The van der Waals surface area contributed by atoms with Gasteiger partial charge in [-0.3, -0.25) is 4.79 Å². The van der Waals surface area contributed by atoms with Gasteiger partial charge in [-0.05, 0) is 24.6 Å². The van der Waals surface area contributed by atoms with Gasteiger partial charge in [0.05, 0.1) is 21.3 Å². The second-order valence-corrected chi connectivity index (χ2v) is 4.84. The van der Waals surface area contributed by atoms with E-state index in [9.17, 15) is 9.59 Å². The van der Waals surface area contributed by atoms with Gasteiger partial charge in [-0.15, -0.1) is 0 Å². The maximum Gasteiger partial charge on any atom is 0.330 e. The smallest absolute Gasteiger partial charge is 0.330 e. The average molecular weight is 322 g/mol. The van der Waals surface area contributed by atoms with E-state index >= 15 is 0 Å². The molecule has 1 aromatic rings. The van der Waals surface area contributed by atoms with Crippen LogP contribution in [0, 0.1) is 0 Å². The van der Waals surface area contributed by atoms with Gasteiger partial charge in [0.1, 0.15) is 6.10 Å². The molecule has 0 aliphatic rings. The molecule has 0 fully saturated rings. The molecular weight excluding hydrogens is 300 g/mol. The molecule has 0 aliphatic carbocycles. The summed E-state index contributed by atoms with van der Waals surface area (Å²) in [5, 5.41) is 0. The zero-order chi connectivity index (χ0) is 17.4. The lowest BCUT2D eigenvalue weighted by atomic mass is 9.93. The van der Waals surface area contributed by atoms with Gasteiger partial charge < -0.3 is 18.9 Å². The third-order valence-electron chi connectivity index (χ3n) is 3.29.